The van der Waals surface area contributed by atoms with Crippen LogP contribution in [0.2, 0.25) is 5.15 Å². The number of hydrogen-bond acceptors (Lipinski definition) is 6. The van der Waals surface area contributed by atoms with E-state index < -0.39 is 0 Å². The number of likely N-dealkylation sites (tertiary alicyclic amines) is 1. The van der Waals surface area contributed by atoms with Gasteiger partial charge in [-0.05, 0) is 0 Å². The minimum Gasteiger partial charge on any atom is -0.476 e. The topological polar surface area (TPSA) is 69.0 Å². The van der Waals surface area contributed by atoms with E-state index in [9.17, 15) is 0 Å². The maximum Gasteiger partial charge on any atom is 0.233 e. The molecule has 1 aliphatic heterocycles. The number of aromatic nitrogens is 5. The Hall–Kier alpha value is -1.73. The van der Waals surface area contributed by atoms with E-state index >= 15 is 0 Å². The molecule has 0 aromatic carbocycles. The molecule has 106 valence electrons. The largest absolute Gasteiger partial charge is 0.476 e. The second kappa shape index (κ2) is 5.72. The Bertz CT molecular complexity index is 583. The maximum absolute atomic E-state index is 5.75. The summed E-state index contributed by atoms with van der Waals surface area (Å²) in [5, 5.41) is 8.29. The van der Waals surface area contributed by atoms with Crippen molar-refractivity contribution in [2.24, 2.45) is 13.0 Å². The minimum atomic E-state index is 0.347. The molecule has 8 heteroatoms. The van der Waals surface area contributed by atoms with Crippen LogP contribution in [0.3, 0.4) is 0 Å². The van der Waals surface area contributed by atoms with Crippen molar-refractivity contribution in [2.45, 2.75) is 6.54 Å². The smallest absolute Gasteiger partial charge is 0.233 e. The number of halogens is 1. The van der Waals surface area contributed by atoms with Crippen LogP contribution < -0.4 is 4.74 Å². The highest BCUT2D eigenvalue weighted by Crippen LogP contribution is 2.19. The fourth-order valence-electron chi connectivity index (χ4n) is 2.16. The van der Waals surface area contributed by atoms with Crippen LogP contribution >= 0.6 is 11.6 Å². The summed E-state index contributed by atoms with van der Waals surface area (Å²) in [5.74, 6) is 1.96. The third kappa shape index (κ3) is 3.05. The lowest BCUT2D eigenvalue weighted by atomic mass is 10.0. The van der Waals surface area contributed by atoms with Crippen LogP contribution in [0, 0.1) is 5.92 Å². The lowest BCUT2D eigenvalue weighted by Gasteiger charge is -2.38. The lowest BCUT2D eigenvalue weighted by molar-refractivity contribution is 0.0515. The molecule has 1 aliphatic rings. The average Bonchev–Trinajstić information content (AvgIpc) is 2.77. The van der Waals surface area contributed by atoms with Crippen LogP contribution in [0.15, 0.2) is 18.7 Å². The van der Waals surface area contributed by atoms with Crippen LogP contribution in [-0.2, 0) is 13.6 Å². The minimum absolute atomic E-state index is 0.347. The SMILES string of the molecule is Cn1cnnc1CN1CC(COc2cncc(Cl)n2)C1. The van der Waals surface area contributed by atoms with Gasteiger partial charge in [-0.15, -0.1) is 10.2 Å². The number of rotatable bonds is 5. The molecule has 3 heterocycles. The van der Waals surface area contributed by atoms with Crippen LogP contribution in [0.1, 0.15) is 5.82 Å². The summed E-state index contributed by atoms with van der Waals surface area (Å²) in [6.45, 7) is 3.43. The van der Waals surface area contributed by atoms with Gasteiger partial charge in [0, 0.05) is 26.1 Å². The Morgan fingerprint density at radius 3 is 2.95 bits per heavy atom. The van der Waals surface area contributed by atoms with Crippen molar-refractivity contribution in [2.75, 3.05) is 19.7 Å². The van der Waals surface area contributed by atoms with Crippen molar-refractivity contribution in [3.05, 3.63) is 29.7 Å². The maximum atomic E-state index is 5.75. The third-order valence-corrected chi connectivity index (χ3v) is 3.44. The van der Waals surface area contributed by atoms with Gasteiger partial charge in [0.1, 0.15) is 12.2 Å². The summed E-state index contributed by atoms with van der Waals surface area (Å²) in [4.78, 5) is 10.3. The van der Waals surface area contributed by atoms with Crippen molar-refractivity contribution >= 4 is 11.6 Å². The summed E-state index contributed by atoms with van der Waals surface area (Å²) >= 11 is 5.75. The molecule has 0 unspecified atom stereocenters. The molecule has 0 N–H and O–H groups in total. The van der Waals surface area contributed by atoms with Crippen LogP contribution in [0.5, 0.6) is 5.88 Å². The zero-order valence-electron chi connectivity index (χ0n) is 11.1. The van der Waals surface area contributed by atoms with E-state index in [1.165, 1.54) is 6.20 Å². The molecule has 1 fully saturated rings. The molecule has 0 spiro atoms. The number of hydrogen-bond donors (Lipinski definition) is 0. The predicted octanol–water partition coefficient (Wildman–Crippen LogP) is 0.769. The fraction of sp³-hybridized carbons (Fsp3) is 0.500. The van der Waals surface area contributed by atoms with Crippen LogP contribution in [0.4, 0.5) is 0 Å². The number of aryl methyl sites for hydroxylation is 1. The van der Waals surface area contributed by atoms with Gasteiger partial charge in [-0.1, -0.05) is 11.6 Å². The molecule has 20 heavy (non-hydrogen) atoms. The van der Waals surface area contributed by atoms with Crippen molar-refractivity contribution in [1.82, 2.24) is 29.6 Å². The lowest BCUT2D eigenvalue weighted by Crippen LogP contribution is -2.48. The van der Waals surface area contributed by atoms with Gasteiger partial charge in [-0.2, -0.15) is 4.98 Å². The molecule has 0 atom stereocenters. The Balaban J connectivity index is 1.41. The van der Waals surface area contributed by atoms with Gasteiger partial charge < -0.3 is 9.30 Å². The van der Waals surface area contributed by atoms with Crippen molar-refractivity contribution < 1.29 is 4.74 Å². The summed E-state index contributed by atoms with van der Waals surface area (Å²) in [6, 6.07) is 0. The monoisotopic (exact) mass is 294 g/mol. The highest BCUT2D eigenvalue weighted by Gasteiger charge is 2.28. The van der Waals surface area contributed by atoms with Gasteiger partial charge in [-0.25, -0.2) is 0 Å². The van der Waals surface area contributed by atoms with Gasteiger partial charge in [0.05, 0.1) is 25.5 Å². The van der Waals surface area contributed by atoms with Gasteiger partial charge in [0.25, 0.3) is 0 Å². The molecule has 3 rings (SSSR count). The average molecular weight is 295 g/mol. The van der Waals surface area contributed by atoms with E-state index in [1.54, 1.807) is 12.5 Å². The van der Waals surface area contributed by atoms with E-state index in [-0.39, 0.29) is 0 Å². The number of nitrogens with zero attached hydrogens (tertiary/aromatic N) is 6. The molecular weight excluding hydrogens is 280 g/mol. The molecule has 0 radical (unpaired) electrons. The molecule has 0 bridgehead atoms. The Morgan fingerprint density at radius 1 is 1.40 bits per heavy atom. The first-order valence-electron chi connectivity index (χ1n) is 6.36. The standard InChI is InChI=1S/C12H15ClN6O/c1-18-8-15-17-11(18)6-19-4-9(5-19)7-20-12-3-14-2-10(13)16-12/h2-3,8-9H,4-7H2,1H3. The highest BCUT2D eigenvalue weighted by molar-refractivity contribution is 6.29. The molecule has 0 aliphatic carbocycles. The first kappa shape index (κ1) is 13.3. The Morgan fingerprint density at radius 2 is 2.25 bits per heavy atom. The summed E-state index contributed by atoms with van der Waals surface area (Å²) in [6.07, 6.45) is 4.77. The molecule has 1 saturated heterocycles. The third-order valence-electron chi connectivity index (χ3n) is 3.25. The van der Waals surface area contributed by atoms with Crippen LogP contribution in [-0.4, -0.2) is 49.3 Å². The van der Waals surface area contributed by atoms with E-state index in [2.05, 4.69) is 25.1 Å². The molecule has 0 saturated carbocycles. The summed E-state index contributed by atoms with van der Waals surface area (Å²) < 4.78 is 7.52. The summed E-state index contributed by atoms with van der Waals surface area (Å²) in [5.41, 5.74) is 0. The zero-order chi connectivity index (χ0) is 13.9. The molecule has 0 amide bonds. The van der Waals surface area contributed by atoms with Gasteiger partial charge in [0.2, 0.25) is 5.88 Å². The van der Waals surface area contributed by atoms with Crippen LogP contribution in [0.25, 0.3) is 0 Å². The second-order valence-electron chi connectivity index (χ2n) is 4.91. The quantitative estimate of drug-likeness (QED) is 0.811. The van der Waals surface area contributed by atoms with E-state index in [0.717, 1.165) is 25.5 Å². The predicted molar refractivity (Wildman–Crippen MR) is 72.3 cm³/mol. The van der Waals surface area contributed by atoms with Crippen molar-refractivity contribution in [1.29, 1.82) is 0 Å². The second-order valence-corrected chi connectivity index (χ2v) is 5.30. The fourth-order valence-corrected chi connectivity index (χ4v) is 2.30. The molecular formula is C12H15ClN6O. The molecule has 2 aromatic rings. The Kier molecular flexibility index (Phi) is 3.79. The molecule has 7 nitrogen and oxygen atoms in total. The van der Waals surface area contributed by atoms with E-state index in [0.29, 0.717) is 23.6 Å². The Labute approximate surface area is 121 Å². The normalized spacial score (nSPS) is 16.1. The van der Waals surface area contributed by atoms with Crippen molar-refractivity contribution in [3.8, 4) is 5.88 Å². The molecule has 2 aromatic heterocycles. The van der Waals surface area contributed by atoms with Gasteiger partial charge in [-0.3, -0.25) is 9.88 Å². The summed E-state index contributed by atoms with van der Waals surface area (Å²) in [7, 11) is 1.95. The van der Waals surface area contributed by atoms with Gasteiger partial charge in [0.15, 0.2) is 5.15 Å². The van der Waals surface area contributed by atoms with E-state index in [4.69, 9.17) is 16.3 Å². The van der Waals surface area contributed by atoms with E-state index in [1.807, 2.05) is 11.6 Å². The number of ether oxygens (including phenoxy) is 1. The first-order valence-corrected chi connectivity index (χ1v) is 6.74. The van der Waals surface area contributed by atoms with Gasteiger partial charge >= 0.3 is 0 Å². The first-order chi connectivity index (χ1) is 9.70. The zero-order valence-corrected chi connectivity index (χ0v) is 11.9. The van der Waals surface area contributed by atoms with Crippen molar-refractivity contribution in [3.63, 3.8) is 0 Å². The highest BCUT2D eigenvalue weighted by atomic mass is 35.5.